The van der Waals surface area contributed by atoms with Crippen molar-refractivity contribution in [3.05, 3.63) is 47.3 Å². The minimum atomic E-state index is -0.142. The molecule has 3 rings (SSSR count). The summed E-state index contributed by atoms with van der Waals surface area (Å²) in [7, 11) is 3.74. The number of carbonyl (C=O) groups is 1. The number of hydrogen-bond donors (Lipinski definition) is 1. The Kier molecular flexibility index (Phi) is 4.64. The van der Waals surface area contributed by atoms with Gasteiger partial charge in [-0.25, -0.2) is 9.97 Å². The predicted octanol–water partition coefficient (Wildman–Crippen LogP) is 1.83. The number of nitrogens with zero attached hydrogens (tertiary/aromatic N) is 3. The molecular formula is C18H22N4O2. The molecule has 1 atom stereocenters. The number of para-hydroxylation sites is 1. The Labute approximate surface area is 141 Å². The zero-order valence-electron chi connectivity index (χ0n) is 14.2. The largest absolute Gasteiger partial charge is 0.493 e. The number of nitrogens with one attached hydrogen (secondary N) is 1. The van der Waals surface area contributed by atoms with Crippen LogP contribution >= 0.6 is 0 Å². The van der Waals surface area contributed by atoms with Crippen LogP contribution in [0.1, 0.15) is 21.6 Å². The molecule has 1 aromatic carbocycles. The molecule has 2 aromatic rings. The van der Waals surface area contributed by atoms with E-state index in [1.807, 2.05) is 44.1 Å². The van der Waals surface area contributed by atoms with Crippen molar-refractivity contribution in [2.24, 2.45) is 5.92 Å². The van der Waals surface area contributed by atoms with E-state index in [1.54, 1.807) is 6.20 Å². The van der Waals surface area contributed by atoms with Gasteiger partial charge in [0.15, 0.2) is 0 Å². The maximum absolute atomic E-state index is 12.4. The number of aromatic nitrogens is 2. The van der Waals surface area contributed by atoms with Crippen LogP contribution in [0.2, 0.25) is 0 Å². The average molecular weight is 326 g/mol. The molecule has 1 N–H and O–H groups in total. The Balaban J connectivity index is 1.60. The van der Waals surface area contributed by atoms with E-state index in [4.69, 9.17) is 4.74 Å². The van der Waals surface area contributed by atoms with Crippen molar-refractivity contribution in [2.75, 3.05) is 32.1 Å². The molecule has 1 amide bonds. The lowest BCUT2D eigenvalue weighted by molar-refractivity contribution is 0.0937. The summed E-state index contributed by atoms with van der Waals surface area (Å²) in [5.74, 6) is 1.67. The van der Waals surface area contributed by atoms with Crippen molar-refractivity contribution < 1.29 is 9.53 Å². The van der Waals surface area contributed by atoms with E-state index >= 15 is 0 Å². The Bertz CT molecular complexity index is 746. The highest BCUT2D eigenvalue weighted by Gasteiger charge is 2.21. The van der Waals surface area contributed by atoms with Gasteiger partial charge in [0.1, 0.15) is 5.75 Å². The molecule has 126 valence electrons. The zero-order valence-corrected chi connectivity index (χ0v) is 14.2. The van der Waals surface area contributed by atoms with Crippen LogP contribution in [-0.4, -0.2) is 43.1 Å². The van der Waals surface area contributed by atoms with Gasteiger partial charge in [-0.3, -0.25) is 4.79 Å². The van der Waals surface area contributed by atoms with Gasteiger partial charge in [-0.15, -0.1) is 0 Å². The molecule has 2 heterocycles. The van der Waals surface area contributed by atoms with Crippen molar-refractivity contribution in [1.29, 1.82) is 0 Å². The Hall–Kier alpha value is -2.63. The fraction of sp³-hybridized carbons (Fsp3) is 0.389. The Morgan fingerprint density at radius 1 is 1.38 bits per heavy atom. The number of ether oxygens (including phenoxy) is 1. The maximum Gasteiger partial charge on any atom is 0.254 e. The van der Waals surface area contributed by atoms with Crippen molar-refractivity contribution in [3.8, 4) is 5.75 Å². The third kappa shape index (κ3) is 3.48. The highest BCUT2D eigenvalue weighted by atomic mass is 16.5. The van der Waals surface area contributed by atoms with Crippen LogP contribution in [0, 0.1) is 12.8 Å². The molecule has 1 aromatic heterocycles. The van der Waals surface area contributed by atoms with Gasteiger partial charge in [-0.1, -0.05) is 18.2 Å². The molecule has 6 nitrogen and oxygen atoms in total. The number of anilines is 1. The molecule has 6 heteroatoms. The van der Waals surface area contributed by atoms with Crippen LogP contribution in [-0.2, 0) is 6.42 Å². The van der Waals surface area contributed by atoms with Gasteiger partial charge in [-0.2, -0.15) is 0 Å². The third-order valence-corrected chi connectivity index (χ3v) is 4.12. The first-order valence-electron chi connectivity index (χ1n) is 8.04. The average Bonchev–Trinajstić information content (AvgIpc) is 2.59. The molecule has 1 aliphatic rings. The van der Waals surface area contributed by atoms with Crippen molar-refractivity contribution >= 4 is 11.9 Å². The van der Waals surface area contributed by atoms with Gasteiger partial charge in [0.2, 0.25) is 5.95 Å². The number of aryl methyl sites for hydroxylation is 1. The number of rotatable bonds is 4. The number of fused-ring (bicyclic) bond motifs is 1. The van der Waals surface area contributed by atoms with E-state index in [9.17, 15) is 4.79 Å². The summed E-state index contributed by atoms with van der Waals surface area (Å²) in [5, 5.41) is 2.98. The first kappa shape index (κ1) is 16.2. The fourth-order valence-corrected chi connectivity index (χ4v) is 2.75. The van der Waals surface area contributed by atoms with E-state index in [2.05, 4.69) is 21.4 Å². The normalized spacial score (nSPS) is 16.0. The SMILES string of the molecule is Cc1nc(N(C)C)ncc1C(=O)NC[C@@H]1COc2ccccc2C1. The highest BCUT2D eigenvalue weighted by Crippen LogP contribution is 2.26. The lowest BCUT2D eigenvalue weighted by atomic mass is 9.96. The minimum absolute atomic E-state index is 0.142. The molecule has 0 spiro atoms. The van der Waals surface area contributed by atoms with Gasteiger partial charge in [0.05, 0.1) is 17.9 Å². The second-order valence-corrected chi connectivity index (χ2v) is 6.26. The second-order valence-electron chi connectivity index (χ2n) is 6.26. The van der Waals surface area contributed by atoms with Crippen molar-refractivity contribution in [1.82, 2.24) is 15.3 Å². The first-order chi connectivity index (χ1) is 11.5. The number of benzene rings is 1. The molecule has 0 unspecified atom stereocenters. The maximum atomic E-state index is 12.4. The fourth-order valence-electron chi connectivity index (χ4n) is 2.75. The van der Waals surface area contributed by atoms with Crippen LogP contribution < -0.4 is 15.0 Å². The first-order valence-corrected chi connectivity index (χ1v) is 8.04. The van der Waals surface area contributed by atoms with Crippen LogP contribution in [0.15, 0.2) is 30.5 Å². The third-order valence-electron chi connectivity index (χ3n) is 4.12. The summed E-state index contributed by atoms with van der Waals surface area (Å²) in [6.07, 6.45) is 2.49. The van der Waals surface area contributed by atoms with Crippen LogP contribution in [0.3, 0.4) is 0 Å². The number of amides is 1. The van der Waals surface area contributed by atoms with Crippen LogP contribution in [0.4, 0.5) is 5.95 Å². The van der Waals surface area contributed by atoms with Crippen molar-refractivity contribution in [3.63, 3.8) is 0 Å². The predicted molar refractivity (Wildman–Crippen MR) is 92.6 cm³/mol. The van der Waals surface area contributed by atoms with Gasteiger partial charge in [0.25, 0.3) is 5.91 Å². The Morgan fingerprint density at radius 3 is 2.92 bits per heavy atom. The topological polar surface area (TPSA) is 67.4 Å². The smallest absolute Gasteiger partial charge is 0.254 e. The quantitative estimate of drug-likeness (QED) is 0.928. The number of hydrogen-bond acceptors (Lipinski definition) is 5. The van der Waals surface area contributed by atoms with Gasteiger partial charge in [0, 0.05) is 32.8 Å². The molecule has 24 heavy (non-hydrogen) atoms. The summed E-state index contributed by atoms with van der Waals surface area (Å²) in [4.78, 5) is 22.8. The van der Waals surface area contributed by atoms with E-state index < -0.39 is 0 Å². The van der Waals surface area contributed by atoms with Gasteiger partial charge in [-0.05, 0) is 25.0 Å². The number of carbonyl (C=O) groups excluding carboxylic acids is 1. The molecule has 0 radical (unpaired) electrons. The van der Waals surface area contributed by atoms with Crippen molar-refractivity contribution in [2.45, 2.75) is 13.3 Å². The molecule has 0 saturated carbocycles. The van der Waals surface area contributed by atoms with E-state index in [0.29, 0.717) is 30.4 Å². The minimum Gasteiger partial charge on any atom is -0.493 e. The Morgan fingerprint density at radius 2 is 2.17 bits per heavy atom. The molecular weight excluding hydrogens is 304 g/mol. The lowest BCUT2D eigenvalue weighted by Gasteiger charge is -2.25. The monoisotopic (exact) mass is 326 g/mol. The second kappa shape index (κ2) is 6.86. The standard InChI is InChI=1S/C18H22N4O2/c1-12-15(10-20-18(21-12)22(2)3)17(23)19-9-13-8-14-6-4-5-7-16(14)24-11-13/h4-7,10,13H,8-9,11H2,1-3H3,(H,19,23)/t13-/m1/s1. The van der Waals surface area contributed by atoms with Gasteiger partial charge >= 0.3 is 0 Å². The molecule has 1 aliphatic heterocycles. The van der Waals surface area contributed by atoms with E-state index in [-0.39, 0.29) is 11.8 Å². The summed E-state index contributed by atoms with van der Waals surface area (Å²) in [6.45, 7) is 3.01. The summed E-state index contributed by atoms with van der Waals surface area (Å²) in [6, 6.07) is 8.04. The highest BCUT2D eigenvalue weighted by molar-refractivity contribution is 5.95. The lowest BCUT2D eigenvalue weighted by Crippen LogP contribution is -2.35. The van der Waals surface area contributed by atoms with Crippen LogP contribution in [0.5, 0.6) is 5.75 Å². The molecule has 0 fully saturated rings. The summed E-state index contributed by atoms with van der Waals surface area (Å²) in [5.41, 5.74) is 2.38. The van der Waals surface area contributed by atoms with E-state index in [0.717, 1.165) is 12.2 Å². The summed E-state index contributed by atoms with van der Waals surface area (Å²) < 4.78 is 5.76. The molecule has 0 saturated heterocycles. The summed E-state index contributed by atoms with van der Waals surface area (Å²) >= 11 is 0. The molecule has 0 bridgehead atoms. The van der Waals surface area contributed by atoms with Gasteiger partial charge < -0.3 is 15.0 Å². The molecule has 0 aliphatic carbocycles. The zero-order chi connectivity index (χ0) is 17.1. The van der Waals surface area contributed by atoms with Crippen LogP contribution in [0.25, 0.3) is 0 Å². The van der Waals surface area contributed by atoms with E-state index in [1.165, 1.54) is 5.56 Å².